The normalized spacial score (nSPS) is 11.6. The van der Waals surface area contributed by atoms with Crippen molar-refractivity contribution in [2.75, 3.05) is 4.90 Å². The summed E-state index contributed by atoms with van der Waals surface area (Å²) in [5.41, 5.74) is 16.4. The number of rotatable bonds is 8. The SMILES string of the molecule is c1cc(-c2ccc(-c3cccc4ccccc34)cc2)cc(N(c2ccc(-c3ccccc3-n3c4ccccc4c4ccccc43)cc2)c2ccccc2-c2cccc3c2sc2ccccc23)c1. The van der Waals surface area contributed by atoms with Gasteiger partial charge in [0.05, 0.1) is 22.4 Å². The first kappa shape index (κ1) is 38.9. The van der Waals surface area contributed by atoms with Gasteiger partial charge < -0.3 is 9.47 Å². The van der Waals surface area contributed by atoms with Gasteiger partial charge in [-0.15, -0.1) is 11.3 Å². The Labute approximate surface area is 393 Å². The Bertz CT molecular complexity index is 3930. The van der Waals surface area contributed by atoms with Gasteiger partial charge in [-0.1, -0.05) is 200 Å². The molecule has 0 aliphatic rings. The third kappa shape index (κ3) is 6.63. The maximum atomic E-state index is 2.44. The highest BCUT2D eigenvalue weighted by molar-refractivity contribution is 7.26. The average Bonchev–Trinajstić information content (AvgIpc) is 3.95. The minimum Gasteiger partial charge on any atom is -0.310 e. The average molecular weight is 871 g/mol. The number of hydrogen-bond acceptors (Lipinski definition) is 2. The zero-order chi connectivity index (χ0) is 44.3. The number of thiophene rings is 1. The van der Waals surface area contributed by atoms with Crippen LogP contribution in [0, 0.1) is 0 Å². The second-order valence-electron chi connectivity index (χ2n) is 17.2. The van der Waals surface area contributed by atoms with Crippen LogP contribution >= 0.6 is 11.3 Å². The second kappa shape index (κ2) is 16.2. The van der Waals surface area contributed by atoms with Crippen LogP contribution in [-0.4, -0.2) is 4.57 Å². The quantitative estimate of drug-likeness (QED) is 0.148. The van der Waals surface area contributed by atoms with Crippen LogP contribution in [0.2, 0.25) is 0 Å². The summed E-state index contributed by atoms with van der Waals surface area (Å²) in [5.74, 6) is 0. The van der Waals surface area contributed by atoms with E-state index in [4.69, 9.17) is 0 Å². The topological polar surface area (TPSA) is 8.17 Å². The molecule has 0 saturated heterocycles. The number of benzene rings is 11. The molecule has 0 aliphatic heterocycles. The van der Waals surface area contributed by atoms with Crippen LogP contribution in [-0.2, 0) is 0 Å². The van der Waals surface area contributed by atoms with E-state index in [0.29, 0.717) is 0 Å². The smallest absolute Gasteiger partial charge is 0.0541 e. The van der Waals surface area contributed by atoms with Crippen molar-refractivity contribution in [1.82, 2.24) is 4.57 Å². The van der Waals surface area contributed by atoms with Crippen LogP contribution in [0.5, 0.6) is 0 Å². The van der Waals surface area contributed by atoms with Gasteiger partial charge in [0.15, 0.2) is 0 Å². The van der Waals surface area contributed by atoms with Crippen LogP contribution < -0.4 is 4.90 Å². The Morgan fingerprint density at radius 3 is 1.66 bits per heavy atom. The van der Waals surface area contributed by atoms with Crippen molar-refractivity contribution in [1.29, 1.82) is 0 Å². The molecule has 2 aromatic heterocycles. The predicted octanol–water partition coefficient (Wildman–Crippen LogP) is 18.4. The molecule has 0 radical (unpaired) electrons. The molecule has 13 aromatic rings. The van der Waals surface area contributed by atoms with E-state index in [1.165, 1.54) is 86.1 Å². The number of anilines is 3. The Morgan fingerprint density at radius 2 is 0.851 bits per heavy atom. The first-order valence-corrected chi connectivity index (χ1v) is 23.7. The van der Waals surface area contributed by atoms with Crippen LogP contribution in [0.25, 0.3) is 103 Å². The predicted molar refractivity (Wildman–Crippen MR) is 288 cm³/mol. The van der Waals surface area contributed by atoms with Crippen LogP contribution in [0.15, 0.2) is 255 Å². The van der Waals surface area contributed by atoms with Gasteiger partial charge in [-0.05, 0) is 93.2 Å². The molecule has 0 aliphatic carbocycles. The lowest BCUT2D eigenvalue weighted by molar-refractivity contribution is 1.18. The second-order valence-corrected chi connectivity index (χ2v) is 18.3. The minimum atomic E-state index is 1.08. The van der Waals surface area contributed by atoms with Gasteiger partial charge in [0.2, 0.25) is 0 Å². The Kier molecular flexibility index (Phi) is 9.40. The fourth-order valence-corrected chi connectivity index (χ4v) is 11.5. The van der Waals surface area contributed by atoms with Gasteiger partial charge in [-0.2, -0.15) is 0 Å². The third-order valence-corrected chi connectivity index (χ3v) is 14.6. The molecule has 0 atom stereocenters. The van der Waals surface area contributed by atoms with Crippen molar-refractivity contribution >= 4 is 81.1 Å². The van der Waals surface area contributed by atoms with Crippen molar-refractivity contribution in [3.05, 3.63) is 255 Å². The summed E-state index contributed by atoms with van der Waals surface area (Å²) in [6.07, 6.45) is 0. The van der Waals surface area contributed by atoms with Gasteiger partial charge in [-0.25, -0.2) is 0 Å². The third-order valence-electron chi connectivity index (χ3n) is 13.4. The van der Waals surface area contributed by atoms with Crippen molar-refractivity contribution in [2.24, 2.45) is 0 Å². The highest BCUT2D eigenvalue weighted by Gasteiger charge is 2.21. The Hall–Kier alpha value is -8.50. The molecular formula is C64H42N2S. The molecule has 0 fully saturated rings. The molecular weight excluding hydrogens is 829 g/mol. The van der Waals surface area contributed by atoms with Crippen LogP contribution in [0.3, 0.4) is 0 Å². The molecule has 0 unspecified atom stereocenters. The number of aromatic nitrogens is 1. The van der Waals surface area contributed by atoms with E-state index in [-0.39, 0.29) is 0 Å². The standard InChI is InChI=1S/C64H42N2S/c1-2-20-50-44(16-1)17-14-26-51(50)45-36-34-43(35-37-45)47-18-13-19-49(42-47)65(60-30-9-6-24-55(60)57-27-15-28-58-56-25-7-12-33-63(56)67-64(57)58)48-40-38-46(39-41-48)52-21-3-8-29-59(52)66-61-31-10-4-22-53(61)54-23-5-11-32-62(54)66/h1-42H. The van der Waals surface area contributed by atoms with Gasteiger partial charge >= 0.3 is 0 Å². The van der Waals surface area contributed by atoms with E-state index in [2.05, 4.69) is 264 Å². The summed E-state index contributed by atoms with van der Waals surface area (Å²) in [6, 6.07) is 93.1. The summed E-state index contributed by atoms with van der Waals surface area (Å²) in [5, 5.41) is 7.62. The van der Waals surface area contributed by atoms with E-state index in [1.54, 1.807) is 0 Å². The Balaban J connectivity index is 0.952. The molecule has 0 saturated carbocycles. The number of hydrogen-bond donors (Lipinski definition) is 0. The van der Waals surface area contributed by atoms with Gasteiger partial charge in [0.1, 0.15) is 0 Å². The van der Waals surface area contributed by atoms with E-state index in [9.17, 15) is 0 Å². The molecule has 11 aromatic carbocycles. The summed E-state index contributed by atoms with van der Waals surface area (Å²) in [6.45, 7) is 0. The van der Waals surface area contributed by atoms with E-state index in [0.717, 1.165) is 33.9 Å². The molecule has 2 nitrogen and oxygen atoms in total. The molecule has 13 rings (SSSR count). The molecule has 0 N–H and O–H groups in total. The zero-order valence-corrected chi connectivity index (χ0v) is 37.4. The zero-order valence-electron chi connectivity index (χ0n) is 36.6. The molecule has 314 valence electrons. The molecule has 3 heteroatoms. The molecule has 0 bridgehead atoms. The van der Waals surface area contributed by atoms with E-state index < -0.39 is 0 Å². The first-order chi connectivity index (χ1) is 33.2. The van der Waals surface area contributed by atoms with E-state index in [1.807, 2.05) is 11.3 Å². The first-order valence-electron chi connectivity index (χ1n) is 22.9. The lowest BCUT2D eigenvalue weighted by Gasteiger charge is -2.28. The molecule has 2 heterocycles. The largest absolute Gasteiger partial charge is 0.310 e. The fraction of sp³-hybridized carbons (Fsp3) is 0. The molecule has 67 heavy (non-hydrogen) atoms. The van der Waals surface area contributed by atoms with Gasteiger partial charge in [-0.3, -0.25) is 0 Å². The number of para-hydroxylation sites is 4. The van der Waals surface area contributed by atoms with Crippen LogP contribution in [0.1, 0.15) is 0 Å². The summed E-state index contributed by atoms with van der Waals surface area (Å²) in [7, 11) is 0. The van der Waals surface area contributed by atoms with Crippen molar-refractivity contribution in [3.63, 3.8) is 0 Å². The number of nitrogens with zero attached hydrogens (tertiary/aromatic N) is 2. The highest BCUT2D eigenvalue weighted by Crippen LogP contribution is 2.47. The lowest BCUT2D eigenvalue weighted by Crippen LogP contribution is -2.11. The maximum Gasteiger partial charge on any atom is 0.0541 e. The van der Waals surface area contributed by atoms with Crippen molar-refractivity contribution < 1.29 is 0 Å². The molecule has 0 spiro atoms. The van der Waals surface area contributed by atoms with Crippen molar-refractivity contribution in [3.8, 4) is 50.2 Å². The highest BCUT2D eigenvalue weighted by atomic mass is 32.1. The van der Waals surface area contributed by atoms with Gasteiger partial charge in [0, 0.05) is 59.0 Å². The van der Waals surface area contributed by atoms with Crippen molar-refractivity contribution in [2.45, 2.75) is 0 Å². The van der Waals surface area contributed by atoms with E-state index >= 15 is 0 Å². The lowest BCUT2D eigenvalue weighted by atomic mass is 9.96. The summed E-state index contributed by atoms with van der Waals surface area (Å²) in [4.78, 5) is 2.44. The van der Waals surface area contributed by atoms with Gasteiger partial charge in [0.25, 0.3) is 0 Å². The summed E-state index contributed by atoms with van der Waals surface area (Å²) < 4.78 is 5.02. The number of fused-ring (bicyclic) bond motifs is 7. The molecule has 0 amide bonds. The summed E-state index contributed by atoms with van der Waals surface area (Å²) >= 11 is 1.88. The monoisotopic (exact) mass is 870 g/mol. The fourth-order valence-electron chi connectivity index (χ4n) is 10.3. The minimum absolute atomic E-state index is 1.08. The van der Waals surface area contributed by atoms with Crippen LogP contribution in [0.4, 0.5) is 17.1 Å². The Morgan fingerprint density at radius 1 is 0.313 bits per heavy atom. The maximum absolute atomic E-state index is 2.44.